The average molecular weight is 445 g/mol. The maximum Gasteiger partial charge on any atom is 0 e. The van der Waals surface area contributed by atoms with E-state index in [1.165, 1.54) is 0 Å². The first-order chi connectivity index (χ1) is 0. The molecule has 0 rings (SSSR count). The summed E-state index contributed by atoms with van der Waals surface area (Å²) >= 11 is 0. The van der Waals surface area contributed by atoms with Crippen molar-refractivity contribution in [3.8, 4) is 0 Å². The van der Waals surface area contributed by atoms with Gasteiger partial charge in [-0.3, -0.25) is 0 Å². The van der Waals surface area contributed by atoms with Gasteiger partial charge in [0.1, 0.15) is 0 Å². The van der Waals surface area contributed by atoms with E-state index in [9.17, 15) is 0 Å². The van der Waals surface area contributed by atoms with Crippen LogP contribution in [0.15, 0.2) is 0 Å². The minimum absolute atomic E-state index is 0. The van der Waals surface area contributed by atoms with Crippen molar-refractivity contribution in [3.63, 3.8) is 0 Å². The van der Waals surface area contributed by atoms with E-state index >= 15 is 0 Å². The van der Waals surface area contributed by atoms with Gasteiger partial charge in [0.05, 0.1) is 0 Å². The molecule has 0 spiro atoms. The molecule has 0 unspecified atom stereocenters. The second kappa shape index (κ2) is 16.6. The first kappa shape index (κ1) is 27.8. The molecule has 0 amide bonds. The molecule has 0 nitrogen and oxygen atoms in total. The largest absolute Gasteiger partial charge is 0 e. The van der Waals surface area contributed by atoms with Gasteiger partial charge in [0.25, 0.3) is 0 Å². The Morgan fingerprint density at radius 2 is 0.500 bits per heavy atom. The fraction of sp³-hybridized carbons (Fsp3) is 0. The SMILES string of the molecule is [Ag].[Ag].[Ag].[Sb]. The molecule has 0 atom stereocenters. The van der Waals surface area contributed by atoms with Crippen molar-refractivity contribution in [1.82, 2.24) is 0 Å². The predicted octanol–water partition coefficient (Wildman–Crippen LogP) is -0.388. The topological polar surface area (TPSA) is 0 Å². The molecule has 6 radical (unpaired) electrons. The van der Waals surface area contributed by atoms with Crippen LogP contribution in [0, 0.1) is 0 Å². The summed E-state index contributed by atoms with van der Waals surface area (Å²) < 4.78 is 0. The van der Waals surface area contributed by atoms with E-state index in [1.54, 1.807) is 0 Å². The van der Waals surface area contributed by atoms with Gasteiger partial charge >= 0.3 is 0 Å². The smallest absolute Gasteiger partial charge is 0 e. The molecule has 0 fully saturated rings. The van der Waals surface area contributed by atoms with Gasteiger partial charge in [0.2, 0.25) is 0 Å². The Balaban J connectivity index is 0. The third-order valence-electron chi connectivity index (χ3n) is 0. The molecule has 38 valence electrons. The molecule has 0 aliphatic heterocycles. The maximum absolute atomic E-state index is 0. The zero-order chi connectivity index (χ0) is 0. The van der Waals surface area contributed by atoms with Gasteiger partial charge in [0, 0.05) is 91.6 Å². The molecule has 0 N–H and O–H groups in total. The molecule has 0 aromatic heterocycles. The van der Waals surface area contributed by atoms with Crippen molar-refractivity contribution in [1.29, 1.82) is 0 Å². The first-order valence-corrected chi connectivity index (χ1v) is 0. The monoisotopic (exact) mass is 442 g/mol. The van der Waals surface area contributed by atoms with Crippen LogP contribution in [-0.2, 0) is 67.1 Å². The Hall–Kier alpha value is 3.04. The van der Waals surface area contributed by atoms with E-state index in [-0.39, 0.29) is 91.6 Å². The molecule has 0 saturated heterocycles. The van der Waals surface area contributed by atoms with Gasteiger partial charge in [0.15, 0.2) is 0 Å². The van der Waals surface area contributed by atoms with Crippen molar-refractivity contribution in [2.45, 2.75) is 0 Å². The van der Waals surface area contributed by atoms with E-state index in [0.717, 1.165) is 0 Å². The van der Waals surface area contributed by atoms with Crippen LogP contribution in [0.5, 0.6) is 0 Å². The minimum atomic E-state index is 0. The summed E-state index contributed by atoms with van der Waals surface area (Å²) in [5.41, 5.74) is 0. The van der Waals surface area contributed by atoms with Crippen LogP contribution in [0.3, 0.4) is 0 Å². The predicted molar refractivity (Wildman–Crippen MR) is 5.75 cm³/mol. The summed E-state index contributed by atoms with van der Waals surface area (Å²) in [4.78, 5) is 0. The second-order valence-electron chi connectivity index (χ2n) is 0. The van der Waals surface area contributed by atoms with Crippen LogP contribution in [0.25, 0.3) is 0 Å². The quantitative estimate of drug-likeness (QED) is 0.446. The first-order valence-electron chi connectivity index (χ1n) is 0. The Kier molecular flexibility index (Phi) is 115. The summed E-state index contributed by atoms with van der Waals surface area (Å²) in [5.74, 6) is 0. The van der Waals surface area contributed by atoms with E-state index in [1.807, 2.05) is 0 Å². The maximum atomic E-state index is 0. The molecule has 0 aliphatic rings. The summed E-state index contributed by atoms with van der Waals surface area (Å²) in [6.07, 6.45) is 0. The molecule has 0 aromatic rings. The zero-order valence-corrected chi connectivity index (χ0v) is 8.35. The minimum Gasteiger partial charge on any atom is 0 e. The molecule has 4 heteroatoms. The van der Waals surface area contributed by atoms with Crippen LogP contribution >= 0.6 is 0 Å². The summed E-state index contributed by atoms with van der Waals surface area (Å²) in [7, 11) is 0. The van der Waals surface area contributed by atoms with Crippen molar-refractivity contribution < 1.29 is 67.1 Å². The third-order valence-corrected chi connectivity index (χ3v) is 0. The Morgan fingerprint density at radius 3 is 0.500 bits per heavy atom. The molecule has 0 saturated carbocycles. The molecular weight excluding hydrogens is 445 g/mol. The Labute approximate surface area is 89.8 Å². The summed E-state index contributed by atoms with van der Waals surface area (Å²) in [6.45, 7) is 0. The standard InChI is InChI=1S/3Ag.Sb. The van der Waals surface area contributed by atoms with Crippen molar-refractivity contribution >= 4 is 24.4 Å². The van der Waals surface area contributed by atoms with Gasteiger partial charge in [-0.05, 0) is 0 Å². The number of hydrogen-bond donors (Lipinski definition) is 0. The van der Waals surface area contributed by atoms with Crippen LogP contribution in [0.4, 0.5) is 0 Å². The van der Waals surface area contributed by atoms with E-state index in [2.05, 4.69) is 0 Å². The van der Waals surface area contributed by atoms with Crippen molar-refractivity contribution in [3.05, 3.63) is 0 Å². The fourth-order valence-electron chi connectivity index (χ4n) is 0. The van der Waals surface area contributed by atoms with Crippen molar-refractivity contribution in [2.75, 3.05) is 0 Å². The van der Waals surface area contributed by atoms with Crippen LogP contribution < -0.4 is 0 Å². The van der Waals surface area contributed by atoms with Crippen LogP contribution in [0.2, 0.25) is 0 Å². The summed E-state index contributed by atoms with van der Waals surface area (Å²) in [5, 5.41) is 0. The molecule has 0 aliphatic carbocycles. The van der Waals surface area contributed by atoms with E-state index in [0.29, 0.717) is 0 Å². The number of hydrogen-bond acceptors (Lipinski definition) is 0. The Morgan fingerprint density at radius 1 is 0.500 bits per heavy atom. The van der Waals surface area contributed by atoms with Crippen LogP contribution in [0.1, 0.15) is 0 Å². The third kappa shape index (κ3) is 8.90. The van der Waals surface area contributed by atoms with Gasteiger partial charge in [-0.15, -0.1) is 0 Å². The second-order valence-corrected chi connectivity index (χ2v) is 0. The van der Waals surface area contributed by atoms with Crippen LogP contribution in [-0.4, -0.2) is 24.4 Å². The molecule has 0 aromatic carbocycles. The van der Waals surface area contributed by atoms with Gasteiger partial charge in [-0.2, -0.15) is 0 Å². The summed E-state index contributed by atoms with van der Waals surface area (Å²) in [6, 6.07) is 0. The molecule has 0 heterocycles. The van der Waals surface area contributed by atoms with Gasteiger partial charge < -0.3 is 0 Å². The zero-order valence-electron chi connectivity index (χ0n) is 1.35. The van der Waals surface area contributed by atoms with Crippen molar-refractivity contribution in [2.24, 2.45) is 0 Å². The normalized spacial score (nSPS) is 0. The molecule has 0 bridgehead atoms. The van der Waals surface area contributed by atoms with E-state index < -0.39 is 0 Å². The van der Waals surface area contributed by atoms with Gasteiger partial charge in [-0.25, -0.2) is 0 Å². The van der Waals surface area contributed by atoms with Gasteiger partial charge in [-0.1, -0.05) is 0 Å². The molecule has 4 heavy (non-hydrogen) atoms. The average Bonchev–Trinajstić information content (AvgIpc) is 0. The fourth-order valence-corrected chi connectivity index (χ4v) is 0. The molecular formula is Ag3Sb. The Bertz CT molecular complexity index is 3.25. The number of rotatable bonds is 0. The van der Waals surface area contributed by atoms with E-state index in [4.69, 9.17) is 0 Å².